The third-order valence-corrected chi connectivity index (χ3v) is 8.04. The molecule has 9 heteroatoms. The van der Waals surface area contributed by atoms with Crippen LogP contribution < -0.4 is 5.32 Å². The standard InChI is InChI=1S/C21H30N4O3S2/c1-2-3-8-20-23-24-21(29-20)22-19(26)14-11-17-9-12-18(13-10-17)30(27,28)25-15-6-4-5-7-16-25/h9-10,12-13H,2-8,11,14-16H2,1H3,(H,22,24,26). The average Bonchev–Trinajstić information content (AvgIpc) is 3.00. The maximum Gasteiger partial charge on any atom is 0.243 e. The second-order valence-corrected chi connectivity index (χ2v) is 10.6. The molecule has 0 aliphatic carbocycles. The van der Waals surface area contributed by atoms with Gasteiger partial charge in [-0.2, -0.15) is 4.31 Å². The van der Waals surface area contributed by atoms with Crippen molar-refractivity contribution >= 4 is 32.4 Å². The van der Waals surface area contributed by atoms with Gasteiger partial charge in [-0.05, 0) is 43.4 Å². The lowest BCUT2D eigenvalue weighted by atomic mass is 10.1. The van der Waals surface area contributed by atoms with E-state index in [-0.39, 0.29) is 5.91 Å². The Morgan fingerprint density at radius 3 is 2.43 bits per heavy atom. The number of hydrogen-bond donors (Lipinski definition) is 1. The van der Waals surface area contributed by atoms with Gasteiger partial charge in [0.25, 0.3) is 0 Å². The van der Waals surface area contributed by atoms with Crippen molar-refractivity contribution in [1.82, 2.24) is 14.5 Å². The van der Waals surface area contributed by atoms with Crippen LogP contribution in [-0.4, -0.2) is 41.9 Å². The van der Waals surface area contributed by atoms with E-state index < -0.39 is 10.0 Å². The van der Waals surface area contributed by atoms with Gasteiger partial charge in [-0.15, -0.1) is 10.2 Å². The van der Waals surface area contributed by atoms with Gasteiger partial charge in [0.2, 0.25) is 21.1 Å². The normalized spacial score (nSPS) is 15.6. The second-order valence-electron chi connectivity index (χ2n) is 7.61. The molecule has 0 spiro atoms. The third-order valence-electron chi connectivity index (χ3n) is 5.22. The summed E-state index contributed by atoms with van der Waals surface area (Å²) in [6.07, 6.45) is 7.90. The number of benzene rings is 1. The molecule has 0 unspecified atom stereocenters. The van der Waals surface area contributed by atoms with Crippen LogP contribution in [0.2, 0.25) is 0 Å². The Bertz CT molecular complexity index is 918. The first kappa shape index (κ1) is 22.8. The van der Waals surface area contributed by atoms with E-state index in [1.54, 1.807) is 28.6 Å². The summed E-state index contributed by atoms with van der Waals surface area (Å²) >= 11 is 1.42. The van der Waals surface area contributed by atoms with Crippen LogP contribution in [0.1, 0.15) is 62.4 Å². The van der Waals surface area contributed by atoms with Gasteiger partial charge in [-0.3, -0.25) is 4.79 Å². The van der Waals surface area contributed by atoms with Gasteiger partial charge in [-0.25, -0.2) is 8.42 Å². The Hall–Kier alpha value is -1.84. The molecule has 1 saturated heterocycles. The minimum absolute atomic E-state index is 0.116. The lowest BCUT2D eigenvalue weighted by molar-refractivity contribution is -0.116. The summed E-state index contributed by atoms with van der Waals surface area (Å²) < 4.78 is 27.3. The molecule has 1 amide bonds. The van der Waals surface area contributed by atoms with E-state index >= 15 is 0 Å². The number of aryl methyl sites for hydroxylation is 2. The molecule has 0 saturated carbocycles. The number of nitrogens with one attached hydrogen (secondary N) is 1. The van der Waals surface area contributed by atoms with Crippen LogP contribution in [0.15, 0.2) is 29.2 Å². The molecule has 1 fully saturated rings. The monoisotopic (exact) mass is 450 g/mol. The molecule has 7 nitrogen and oxygen atoms in total. The van der Waals surface area contributed by atoms with E-state index in [9.17, 15) is 13.2 Å². The van der Waals surface area contributed by atoms with E-state index in [1.165, 1.54) is 11.3 Å². The van der Waals surface area contributed by atoms with Crippen molar-refractivity contribution in [2.24, 2.45) is 0 Å². The number of anilines is 1. The summed E-state index contributed by atoms with van der Waals surface area (Å²) in [5, 5.41) is 12.4. The molecule has 1 aliphatic heterocycles. The first-order valence-electron chi connectivity index (χ1n) is 10.7. The van der Waals surface area contributed by atoms with Gasteiger partial charge in [0.15, 0.2) is 0 Å². The van der Waals surface area contributed by atoms with Crippen molar-refractivity contribution in [1.29, 1.82) is 0 Å². The Morgan fingerprint density at radius 1 is 1.07 bits per heavy atom. The van der Waals surface area contributed by atoms with Crippen LogP contribution in [0.5, 0.6) is 0 Å². The summed E-state index contributed by atoms with van der Waals surface area (Å²) in [6, 6.07) is 6.90. The number of rotatable bonds is 9. The molecule has 164 valence electrons. The molecule has 1 N–H and O–H groups in total. The summed E-state index contributed by atoms with van der Waals surface area (Å²) in [4.78, 5) is 12.5. The number of carbonyl (C=O) groups excluding carboxylic acids is 1. The van der Waals surface area contributed by atoms with Crippen molar-refractivity contribution < 1.29 is 13.2 Å². The van der Waals surface area contributed by atoms with E-state index in [0.29, 0.717) is 36.0 Å². The maximum atomic E-state index is 12.8. The van der Waals surface area contributed by atoms with Crippen molar-refractivity contribution in [3.63, 3.8) is 0 Å². The number of aromatic nitrogens is 2. The molecule has 3 rings (SSSR count). The number of sulfonamides is 1. The summed E-state index contributed by atoms with van der Waals surface area (Å²) in [5.41, 5.74) is 0.931. The fourth-order valence-corrected chi connectivity index (χ4v) is 5.75. The Balaban J connectivity index is 1.51. The van der Waals surface area contributed by atoms with Crippen LogP contribution in [0.25, 0.3) is 0 Å². The predicted molar refractivity (Wildman–Crippen MR) is 119 cm³/mol. The van der Waals surface area contributed by atoms with Crippen LogP contribution in [0.4, 0.5) is 5.13 Å². The van der Waals surface area contributed by atoms with Gasteiger partial charge in [0.1, 0.15) is 5.01 Å². The molecule has 0 atom stereocenters. The molecule has 1 aromatic heterocycles. The topological polar surface area (TPSA) is 92.3 Å². The highest BCUT2D eigenvalue weighted by Crippen LogP contribution is 2.21. The SMILES string of the molecule is CCCCc1nnc(NC(=O)CCc2ccc(S(=O)(=O)N3CCCCCC3)cc2)s1. The fraction of sp³-hybridized carbons (Fsp3) is 0.571. The lowest BCUT2D eigenvalue weighted by Gasteiger charge is -2.20. The number of unbranched alkanes of at least 4 members (excludes halogenated alkanes) is 1. The molecule has 30 heavy (non-hydrogen) atoms. The van der Waals surface area contributed by atoms with Crippen molar-refractivity contribution in [2.45, 2.75) is 69.6 Å². The summed E-state index contributed by atoms with van der Waals surface area (Å²) in [7, 11) is -3.44. The van der Waals surface area contributed by atoms with E-state index in [4.69, 9.17) is 0 Å². The maximum absolute atomic E-state index is 12.8. The number of carbonyl (C=O) groups is 1. The van der Waals surface area contributed by atoms with Crippen molar-refractivity contribution in [3.05, 3.63) is 34.8 Å². The Labute approximate surface area is 183 Å². The smallest absolute Gasteiger partial charge is 0.243 e. The quantitative estimate of drug-likeness (QED) is 0.623. The van der Waals surface area contributed by atoms with E-state index in [1.807, 2.05) is 0 Å². The number of hydrogen-bond acceptors (Lipinski definition) is 6. The highest BCUT2D eigenvalue weighted by atomic mass is 32.2. The van der Waals surface area contributed by atoms with Gasteiger partial charge >= 0.3 is 0 Å². The molecule has 0 bridgehead atoms. The van der Waals surface area contributed by atoms with Crippen LogP contribution in [0.3, 0.4) is 0 Å². The Morgan fingerprint density at radius 2 is 1.77 bits per heavy atom. The summed E-state index contributed by atoms with van der Waals surface area (Å²) in [5.74, 6) is -0.116. The largest absolute Gasteiger partial charge is 0.301 e. The average molecular weight is 451 g/mol. The first-order chi connectivity index (χ1) is 14.5. The minimum Gasteiger partial charge on any atom is -0.301 e. The highest BCUT2D eigenvalue weighted by Gasteiger charge is 2.24. The van der Waals surface area contributed by atoms with Gasteiger partial charge in [0, 0.05) is 25.9 Å². The zero-order valence-corrected chi connectivity index (χ0v) is 19.1. The van der Waals surface area contributed by atoms with Crippen molar-refractivity contribution in [2.75, 3.05) is 18.4 Å². The fourth-order valence-electron chi connectivity index (χ4n) is 3.43. The Kier molecular flexibility index (Phi) is 8.35. The summed E-state index contributed by atoms with van der Waals surface area (Å²) in [6.45, 7) is 3.31. The van der Waals surface area contributed by atoms with Crippen LogP contribution in [-0.2, 0) is 27.7 Å². The zero-order chi connectivity index (χ0) is 21.4. The highest BCUT2D eigenvalue weighted by molar-refractivity contribution is 7.89. The first-order valence-corrected chi connectivity index (χ1v) is 13.0. The van der Waals surface area contributed by atoms with Gasteiger partial charge in [-0.1, -0.05) is 49.7 Å². The molecule has 2 aromatic rings. The zero-order valence-electron chi connectivity index (χ0n) is 17.5. The predicted octanol–water partition coefficient (Wildman–Crippen LogP) is 4.02. The van der Waals surface area contributed by atoms with Gasteiger partial charge < -0.3 is 5.32 Å². The van der Waals surface area contributed by atoms with E-state index in [2.05, 4.69) is 22.4 Å². The third kappa shape index (κ3) is 6.33. The van der Waals surface area contributed by atoms with Crippen molar-refractivity contribution in [3.8, 4) is 0 Å². The number of nitrogens with zero attached hydrogens (tertiary/aromatic N) is 3. The lowest BCUT2D eigenvalue weighted by Crippen LogP contribution is -2.31. The molecule has 2 heterocycles. The minimum atomic E-state index is -3.44. The van der Waals surface area contributed by atoms with Gasteiger partial charge in [0.05, 0.1) is 4.90 Å². The molecule has 0 radical (unpaired) electrons. The second kappa shape index (κ2) is 11.0. The molecule has 1 aliphatic rings. The van der Waals surface area contributed by atoms with Crippen LogP contribution >= 0.6 is 11.3 Å². The molecular formula is C21H30N4O3S2. The van der Waals surface area contributed by atoms with E-state index in [0.717, 1.165) is 55.5 Å². The van der Waals surface area contributed by atoms with Crippen LogP contribution in [0, 0.1) is 0 Å². The molecule has 1 aromatic carbocycles. The number of amides is 1. The molecular weight excluding hydrogens is 420 g/mol.